The first-order chi connectivity index (χ1) is 6.69. The lowest BCUT2D eigenvalue weighted by Crippen LogP contribution is -2.49. The molecule has 0 atom stereocenters. The summed E-state index contributed by atoms with van der Waals surface area (Å²) in [5.74, 6) is 1.17. The Morgan fingerprint density at radius 3 is 2.71 bits per heavy atom. The summed E-state index contributed by atoms with van der Waals surface area (Å²) in [6, 6.07) is 2.14. The molecule has 0 N–H and O–H groups in total. The van der Waals surface area contributed by atoms with Crippen LogP contribution < -0.4 is 4.90 Å². The molecule has 3 rings (SSSR count). The van der Waals surface area contributed by atoms with Gasteiger partial charge in [-0.15, -0.1) is 0 Å². The standard InChI is InChI=1S/C11H13BrN2/c1-8-4-9(12)5-13-10(8)14-6-11(7-14)2-3-11/h4-5H,2-3,6-7H2,1H3. The predicted octanol–water partition coefficient (Wildman–Crippen LogP) is 2.75. The molecule has 2 nitrogen and oxygen atoms in total. The van der Waals surface area contributed by atoms with Gasteiger partial charge < -0.3 is 4.90 Å². The third-order valence-corrected chi connectivity index (χ3v) is 3.76. The zero-order valence-electron chi connectivity index (χ0n) is 8.26. The van der Waals surface area contributed by atoms with Gasteiger partial charge in [0.1, 0.15) is 5.82 Å². The second kappa shape index (κ2) is 2.72. The molecular formula is C11H13BrN2. The molecule has 1 aliphatic carbocycles. The van der Waals surface area contributed by atoms with Gasteiger partial charge in [-0.1, -0.05) is 0 Å². The van der Waals surface area contributed by atoms with Crippen molar-refractivity contribution in [2.24, 2.45) is 5.41 Å². The molecule has 1 spiro atoms. The topological polar surface area (TPSA) is 16.1 Å². The maximum atomic E-state index is 4.47. The smallest absolute Gasteiger partial charge is 0.131 e. The molecule has 1 saturated carbocycles. The van der Waals surface area contributed by atoms with Gasteiger partial charge in [0.2, 0.25) is 0 Å². The van der Waals surface area contributed by atoms with Crippen LogP contribution >= 0.6 is 15.9 Å². The Kier molecular flexibility index (Phi) is 1.69. The van der Waals surface area contributed by atoms with Crippen molar-refractivity contribution in [1.29, 1.82) is 0 Å². The van der Waals surface area contributed by atoms with E-state index in [1.165, 1.54) is 37.3 Å². The molecule has 1 saturated heterocycles. The number of aryl methyl sites for hydroxylation is 1. The minimum Gasteiger partial charge on any atom is -0.355 e. The first kappa shape index (κ1) is 8.72. The normalized spacial score (nSPS) is 22.3. The van der Waals surface area contributed by atoms with E-state index in [9.17, 15) is 0 Å². The van der Waals surface area contributed by atoms with Gasteiger partial charge in [-0.25, -0.2) is 4.98 Å². The summed E-state index contributed by atoms with van der Waals surface area (Å²) in [6.45, 7) is 4.58. The third-order valence-electron chi connectivity index (χ3n) is 3.33. The van der Waals surface area contributed by atoms with Gasteiger partial charge in [-0.05, 0) is 47.3 Å². The number of hydrogen-bond donors (Lipinski definition) is 0. The molecule has 0 radical (unpaired) electrons. The summed E-state index contributed by atoms with van der Waals surface area (Å²) >= 11 is 3.44. The maximum absolute atomic E-state index is 4.47. The minimum absolute atomic E-state index is 0.710. The monoisotopic (exact) mass is 252 g/mol. The average Bonchev–Trinajstić information content (AvgIpc) is 2.81. The van der Waals surface area contributed by atoms with E-state index in [0.717, 1.165) is 4.47 Å². The minimum atomic E-state index is 0.710. The van der Waals surface area contributed by atoms with Crippen LogP contribution in [0.5, 0.6) is 0 Å². The molecule has 14 heavy (non-hydrogen) atoms. The van der Waals surface area contributed by atoms with Gasteiger partial charge in [0, 0.05) is 29.2 Å². The number of nitrogens with zero attached hydrogens (tertiary/aromatic N) is 2. The summed E-state index contributed by atoms with van der Waals surface area (Å²) in [5.41, 5.74) is 1.98. The second-order valence-electron chi connectivity index (χ2n) is 4.65. The molecule has 1 aliphatic heterocycles. The largest absolute Gasteiger partial charge is 0.355 e. The van der Waals surface area contributed by atoms with Crippen molar-refractivity contribution in [3.63, 3.8) is 0 Å². The molecule has 0 unspecified atom stereocenters. The highest BCUT2D eigenvalue weighted by Gasteiger charge is 2.52. The summed E-state index contributed by atoms with van der Waals surface area (Å²) in [5, 5.41) is 0. The van der Waals surface area contributed by atoms with Crippen LogP contribution in [0.2, 0.25) is 0 Å². The van der Waals surface area contributed by atoms with Crippen molar-refractivity contribution in [2.45, 2.75) is 19.8 Å². The van der Waals surface area contributed by atoms with Gasteiger partial charge in [0.15, 0.2) is 0 Å². The summed E-state index contributed by atoms with van der Waals surface area (Å²) in [4.78, 5) is 6.87. The lowest BCUT2D eigenvalue weighted by atomic mass is 9.96. The van der Waals surface area contributed by atoms with Crippen LogP contribution in [0.15, 0.2) is 16.7 Å². The number of hydrogen-bond acceptors (Lipinski definition) is 2. The molecule has 2 aliphatic rings. The molecule has 74 valence electrons. The summed E-state index contributed by atoms with van der Waals surface area (Å²) in [7, 11) is 0. The van der Waals surface area contributed by atoms with Crippen molar-refractivity contribution in [3.05, 3.63) is 22.3 Å². The van der Waals surface area contributed by atoms with Gasteiger partial charge in [0.05, 0.1) is 0 Å². The Hall–Kier alpha value is -0.570. The Morgan fingerprint density at radius 1 is 1.43 bits per heavy atom. The van der Waals surface area contributed by atoms with Gasteiger partial charge >= 0.3 is 0 Å². The quantitative estimate of drug-likeness (QED) is 0.765. The molecule has 2 heterocycles. The summed E-state index contributed by atoms with van der Waals surface area (Å²) in [6.07, 6.45) is 4.75. The van der Waals surface area contributed by atoms with E-state index in [1.54, 1.807) is 0 Å². The van der Waals surface area contributed by atoms with E-state index < -0.39 is 0 Å². The zero-order chi connectivity index (χ0) is 9.76. The number of pyridine rings is 1. The Balaban J connectivity index is 1.83. The van der Waals surface area contributed by atoms with E-state index in [4.69, 9.17) is 0 Å². The Labute approximate surface area is 92.5 Å². The van der Waals surface area contributed by atoms with Crippen LogP contribution in [0.4, 0.5) is 5.82 Å². The molecule has 1 aromatic rings. The lowest BCUT2D eigenvalue weighted by molar-refractivity contribution is 0.384. The highest BCUT2D eigenvalue weighted by atomic mass is 79.9. The summed E-state index contributed by atoms with van der Waals surface area (Å²) < 4.78 is 1.07. The van der Waals surface area contributed by atoms with Crippen molar-refractivity contribution < 1.29 is 0 Å². The van der Waals surface area contributed by atoms with Gasteiger partial charge in [0.25, 0.3) is 0 Å². The third kappa shape index (κ3) is 1.26. The molecule has 0 aromatic carbocycles. The molecule has 0 amide bonds. The van der Waals surface area contributed by atoms with Crippen LogP contribution in [0.25, 0.3) is 0 Å². The van der Waals surface area contributed by atoms with Crippen molar-refractivity contribution in [3.8, 4) is 0 Å². The van der Waals surface area contributed by atoms with E-state index in [-0.39, 0.29) is 0 Å². The predicted molar refractivity (Wildman–Crippen MR) is 60.6 cm³/mol. The molecular weight excluding hydrogens is 240 g/mol. The fraction of sp³-hybridized carbons (Fsp3) is 0.545. The van der Waals surface area contributed by atoms with Crippen molar-refractivity contribution >= 4 is 21.7 Å². The molecule has 1 aromatic heterocycles. The SMILES string of the molecule is Cc1cc(Br)cnc1N1CC2(CC2)C1. The number of aromatic nitrogens is 1. The average molecular weight is 253 g/mol. The fourth-order valence-corrected chi connectivity index (χ4v) is 2.72. The maximum Gasteiger partial charge on any atom is 0.131 e. The molecule has 0 bridgehead atoms. The second-order valence-corrected chi connectivity index (χ2v) is 5.57. The van der Waals surface area contributed by atoms with E-state index in [1.807, 2.05) is 6.20 Å². The van der Waals surface area contributed by atoms with E-state index >= 15 is 0 Å². The van der Waals surface area contributed by atoms with Crippen LogP contribution in [-0.2, 0) is 0 Å². The first-order valence-electron chi connectivity index (χ1n) is 5.06. The molecule has 3 heteroatoms. The number of halogens is 1. The van der Waals surface area contributed by atoms with E-state index in [2.05, 4.69) is 38.8 Å². The highest BCUT2D eigenvalue weighted by Crippen LogP contribution is 2.53. The zero-order valence-corrected chi connectivity index (χ0v) is 9.84. The first-order valence-corrected chi connectivity index (χ1v) is 5.85. The van der Waals surface area contributed by atoms with Gasteiger partial charge in [-0.3, -0.25) is 0 Å². The molecule has 2 fully saturated rings. The highest BCUT2D eigenvalue weighted by molar-refractivity contribution is 9.10. The van der Waals surface area contributed by atoms with Gasteiger partial charge in [-0.2, -0.15) is 0 Å². The number of rotatable bonds is 1. The van der Waals surface area contributed by atoms with E-state index in [0.29, 0.717) is 5.41 Å². The number of anilines is 1. The Bertz CT molecular complexity index is 377. The van der Waals surface area contributed by atoms with Crippen molar-refractivity contribution in [2.75, 3.05) is 18.0 Å². The Morgan fingerprint density at radius 2 is 2.14 bits per heavy atom. The van der Waals surface area contributed by atoms with Crippen molar-refractivity contribution in [1.82, 2.24) is 4.98 Å². The van der Waals surface area contributed by atoms with Crippen LogP contribution in [0.3, 0.4) is 0 Å². The van der Waals surface area contributed by atoms with Crippen LogP contribution in [0.1, 0.15) is 18.4 Å². The van der Waals surface area contributed by atoms with Crippen LogP contribution in [-0.4, -0.2) is 18.1 Å². The lowest BCUT2D eigenvalue weighted by Gasteiger charge is -2.41. The van der Waals surface area contributed by atoms with Crippen LogP contribution in [0, 0.1) is 12.3 Å². The fourth-order valence-electron chi connectivity index (χ4n) is 2.27.